The predicted octanol–water partition coefficient (Wildman–Crippen LogP) is 0.686. The van der Waals surface area contributed by atoms with Crippen molar-refractivity contribution in [3.05, 3.63) is 28.0 Å². The van der Waals surface area contributed by atoms with Crippen LogP contribution in [0.25, 0.3) is 0 Å². The average molecular weight is 281 g/mol. The number of methoxy groups -OCH3 is 1. The molecule has 0 spiro atoms. The number of aromatic nitrogens is 5. The molecule has 0 saturated heterocycles. The molecule has 0 aliphatic rings. The summed E-state index contributed by atoms with van der Waals surface area (Å²) in [6.45, 7) is 8.03. The van der Waals surface area contributed by atoms with Gasteiger partial charge in [0.15, 0.2) is 5.82 Å². The number of hydrogen-bond acceptors (Lipinski definition) is 6. The van der Waals surface area contributed by atoms with Crippen molar-refractivity contribution in [3.8, 4) is 0 Å². The van der Waals surface area contributed by atoms with Gasteiger partial charge in [-0.1, -0.05) is 5.16 Å². The lowest BCUT2D eigenvalue weighted by atomic mass is 10.1. The first kappa shape index (κ1) is 14.4. The summed E-state index contributed by atoms with van der Waals surface area (Å²) >= 11 is 0. The summed E-state index contributed by atoms with van der Waals surface area (Å²) < 4.78 is 13.0. The molecule has 0 bridgehead atoms. The number of nitrogens with zero attached hydrogens (tertiary/aromatic N) is 5. The molecule has 0 saturated carbocycles. The Kier molecular flexibility index (Phi) is 3.76. The highest BCUT2D eigenvalue weighted by Crippen LogP contribution is 2.10. The number of ether oxygens (including phenoxy) is 1. The molecule has 8 nitrogen and oxygen atoms in total. The highest BCUT2D eigenvalue weighted by molar-refractivity contribution is 4.93. The number of rotatable bonds is 4. The summed E-state index contributed by atoms with van der Waals surface area (Å²) in [4.78, 5) is 16.5. The second-order valence-corrected chi connectivity index (χ2v) is 5.54. The minimum Gasteiger partial charge on any atom is -0.377 e. The Hall–Kier alpha value is -1.96. The molecule has 0 aromatic carbocycles. The Labute approximate surface area is 116 Å². The lowest BCUT2D eigenvalue weighted by Gasteiger charge is -2.16. The van der Waals surface area contributed by atoms with E-state index in [1.807, 2.05) is 20.8 Å². The van der Waals surface area contributed by atoms with Crippen LogP contribution in [0.3, 0.4) is 0 Å². The van der Waals surface area contributed by atoms with Crippen molar-refractivity contribution in [2.45, 2.75) is 46.4 Å². The van der Waals surface area contributed by atoms with Gasteiger partial charge in [-0.15, -0.1) is 0 Å². The van der Waals surface area contributed by atoms with Gasteiger partial charge in [0.1, 0.15) is 19.0 Å². The zero-order valence-electron chi connectivity index (χ0n) is 12.4. The maximum Gasteiger partial charge on any atom is 0.346 e. The van der Waals surface area contributed by atoms with Crippen molar-refractivity contribution in [1.82, 2.24) is 24.5 Å². The molecule has 0 aliphatic carbocycles. The van der Waals surface area contributed by atoms with Gasteiger partial charge < -0.3 is 9.26 Å². The van der Waals surface area contributed by atoms with Crippen molar-refractivity contribution in [3.63, 3.8) is 0 Å². The van der Waals surface area contributed by atoms with E-state index in [9.17, 15) is 4.79 Å². The molecule has 2 rings (SSSR count). The van der Waals surface area contributed by atoms with Gasteiger partial charge in [-0.2, -0.15) is 10.1 Å². The lowest BCUT2D eigenvalue weighted by molar-refractivity contribution is 0.174. The van der Waals surface area contributed by atoms with E-state index in [0.717, 1.165) is 0 Å². The largest absolute Gasteiger partial charge is 0.377 e. The van der Waals surface area contributed by atoms with E-state index < -0.39 is 0 Å². The van der Waals surface area contributed by atoms with Gasteiger partial charge in [0.25, 0.3) is 0 Å². The van der Waals surface area contributed by atoms with Gasteiger partial charge in [-0.3, -0.25) is 4.57 Å². The fourth-order valence-electron chi connectivity index (χ4n) is 1.79. The predicted molar refractivity (Wildman–Crippen MR) is 70.3 cm³/mol. The molecule has 0 atom stereocenters. The first-order valence-corrected chi connectivity index (χ1v) is 6.30. The Morgan fingerprint density at radius 1 is 1.35 bits per heavy atom. The first-order chi connectivity index (χ1) is 9.32. The quantitative estimate of drug-likeness (QED) is 0.819. The molecule has 20 heavy (non-hydrogen) atoms. The number of hydrogen-bond donors (Lipinski definition) is 0. The maximum absolute atomic E-state index is 12.3. The summed E-state index contributed by atoms with van der Waals surface area (Å²) in [5, 5.41) is 8.04. The van der Waals surface area contributed by atoms with Gasteiger partial charge in [0.05, 0.1) is 5.54 Å². The van der Waals surface area contributed by atoms with Crippen LogP contribution < -0.4 is 5.69 Å². The van der Waals surface area contributed by atoms with Crippen molar-refractivity contribution in [2.75, 3.05) is 7.11 Å². The molecule has 0 N–H and O–H groups in total. The highest BCUT2D eigenvalue weighted by atomic mass is 16.5. The van der Waals surface area contributed by atoms with Crippen LogP contribution in [0.5, 0.6) is 0 Å². The van der Waals surface area contributed by atoms with Crippen molar-refractivity contribution in [2.24, 2.45) is 0 Å². The summed E-state index contributed by atoms with van der Waals surface area (Å²) in [6, 6.07) is 0. The second-order valence-electron chi connectivity index (χ2n) is 5.54. The molecule has 0 unspecified atom stereocenters. The Morgan fingerprint density at radius 2 is 2.05 bits per heavy atom. The van der Waals surface area contributed by atoms with E-state index in [-0.39, 0.29) is 24.4 Å². The SMILES string of the molecule is COCc1noc(Cn2c(C)nn(C(C)(C)C)c2=O)n1. The Balaban J connectivity index is 2.29. The Bertz CT molecular complexity index is 647. The van der Waals surface area contributed by atoms with Crippen molar-refractivity contribution >= 4 is 0 Å². The summed E-state index contributed by atoms with van der Waals surface area (Å²) in [6.07, 6.45) is 0. The zero-order valence-corrected chi connectivity index (χ0v) is 12.4. The van der Waals surface area contributed by atoms with Crippen LogP contribution in [-0.2, 0) is 23.4 Å². The fourth-order valence-corrected chi connectivity index (χ4v) is 1.79. The van der Waals surface area contributed by atoms with Crippen LogP contribution in [0.2, 0.25) is 0 Å². The lowest BCUT2D eigenvalue weighted by Crippen LogP contribution is -2.36. The van der Waals surface area contributed by atoms with Crippen LogP contribution in [0.4, 0.5) is 0 Å². The molecule has 2 aromatic rings. The fraction of sp³-hybridized carbons (Fsp3) is 0.667. The minimum atomic E-state index is -0.372. The molecule has 110 valence electrons. The van der Waals surface area contributed by atoms with Crippen LogP contribution in [0.15, 0.2) is 9.32 Å². The zero-order chi connectivity index (χ0) is 14.9. The standard InChI is InChI=1S/C12H19N5O3/c1-8-14-17(12(2,3)4)11(18)16(8)6-10-13-9(7-19-5)15-20-10/h6-7H2,1-5H3. The second kappa shape index (κ2) is 5.20. The Morgan fingerprint density at radius 3 is 2.60 bits per heavy atom. The smallest absolute Gasteiger partial charge is 0.346 e. The third-order valence-corrected chi connectivity index (χ3v) is 2.76. The molecular formula is C12H19N5O3. The van der Waals surface area contributed by atoms with Crippen LogP contribution in [0.1, 0.15) is 38.3 Å². The van der Waals surface area contributed by atoms with E-state index in [4.69, 9.17) is 9.26 Å². The molecule has 0 fully saturated rings. The molecular weight excluding hydrogens is 262 g/mol. The normalized spacial score (nSPS) is 12.1. The van der Waals surface area contributed by atoms with E-state index in [2.05, 4.69) is 15.2 Å². The van der Waals surface area contributed by atoms with Gasteiger partial charge in [0, 0.05) is 7.11 Å². The van der Waals surface area contributed by atoms with Gasteiger partial charge in [-0.05, 0) is 27.7 Å². The summed E-state index contributed by atoms with van der Waals surface area (Å²) in [7, 11) is 1.55. The molecule has 0 aliphatic heterocycles. The van der Waals surface area contributed by atoms with Gasteiger partial charge in [0.2, 0.25) is 5.89 Å². The number of aryl methyl sites for hydroxylation is 1. The van der Waals surface area contributed by atoms with Crippen LogP contribution in [0, 0.1) is 6.92 Å². The maximum atomic E-state index is 12.3. The van der Waals surface area contributed by atoms with E-state index in [0.29, 0.717) is 17.5 Å². The minimum absolute atomic E-state index is 0.193. The monoisotopic (exact) mass is 281 g/mol. The van der Waals surface area contributed by atoms with E-state index in [1.165, 1.54) is 9.25 Å². The van der Waals surface area contributed by atoms with Crippen LogP contribution in [-0.4, -0.2) is 31.6 Å². The van der Waals surface area contributed by atoms with E-state index in [1.54, 1.807) is 14.0 Å². The van der Waals surface area contributed by atoms with Gasteiger partial charge in [-0.25, -0.2) is 9.48 Å². The first-order valence-electron chi connectivity index (χ1n) is 6.30. The van der Waals surface area contributed by atoms with Gasteiger partial charge >= 0.3 is 5.69 Å². The molecule has 0 radical (unpaired) electrons. The summed E-state index contributed by atoms with van der Waals surface area (Å²) in [5.41, 5.74) is -0.565. The third kappa shape index (κ3) is 2.79. The molecule has 2 aromatic heterocycles. The van der Waals surface area contributed by atoms with Crippen molar-refractivity contribution < 1.29 is 9.26 Å². The molecule has 8 heteroatoms. The topological polar surface area (TPSA) is 88.0 Å². The highest BCUT2D eigenvalue weighted by Gasteiger charge is 2.21. The average Bonchev–Trinajstić information content (AvgIpc) is 2.89. The van der Waals surface area contributed by atoms with Crippen molar-refractivity contribution in [1.29, 1.82) is 0 Å². The molecule has 2 heterocycles. The van der Waals surface area contributed by atoms with E-state index >= 15 is 0 Å². The molecule has 0 amide bonds. The third-order valence-electron chi connectivity index (χ3n) is 2.76. The van der Waals surface area contributed by atoms with Crippen LogP contribution >= 0.6 is 0 Å². The summed E-state index contributed by atoms with van der Waals surface area (Å²) in [5.74, 6) is 1.42.